The number of anilines is 1. The van der Waals surface area contributed by atoms with Crippen molar-refractivity contribution in [3.05, 3.63) is 22.2 Å². The van der Waals surface area contributed by atoms with Crippen molar-refractivity contribution in [2.75, 3.05) is 18.9 Å². The molecule has 1 aliphatic rings. The van der Waals surface area contributed by atoms with Crippen LogP contribution in [0.1, 0.15) is 37.5 Å². The Kier molecular flexibility index (Phi) is 12.5. The quantitative estimate of drug-likeness (QED) is 0.0368. The molecule has 1 aromatic heterocycles. The smallest absolute Gasteiger partial charge is 0.388 e. The Labute approximate surface area is 224 Å². The number of phosphoric acid groups is 3. The first-order chi connectivity index (χ1) is 18.5. The highest BCUT2D eigenvalue weighted by Gasteiger charge is 2.44. The molecule has 1 amide bonds. The molecule has 1 aromatic rings. The fourth-order valence-electron chi connectivity index (χ4n) is 2.90. The molecule has 0 spiro atoms. The van der Waals surface area contributed by atoms with Gasteiger partial charge in [-0.05, 0) is 12.8 Å². The predicted octanol–water partition coefficient (Wildman–Crippen LogP) is -1.77. The Morgan fingerprint density at radius 2 is 1.90 bits per heavy atom. The zero-order valence-electron chi connectivity index (χ0n) is 20.2. The molecule has 1 aliphatic heterocycles. The first kappa shape index (κ1) is 34.1. The van der Waals surface area contributed by atoms with Gasteiger partial charge in [-0.15, -0.1) is 4.67 Å². The van der Waals surface area contributed by atoms with Crippen LogP contribution in [-0.4, -0.2) is 65.7 Å². The summed E-state index contributed by atoms with van der Waals surface area (Å²) in [5.74, 6) is 9.62. The fourth-order valence-corrected chi connectivity index (χ4v) is 5.71. The number of ether oxygens (including phenoxy) is 1. The van der Waals surface area contributed by atoms with Gasteiger partial charge in [0, 0.05) is 19.0 Å². The zero-order chi connectivity index (χ0) is 30.1. The third-order valence-corrected chi connectivity index (χ3v) is 8.10. The van der Waals surface area contributed by atoms with Crippen LogP contribution in [0.5, 0.6) is 0 Å². The lowest BCUT2D eigenvalue weighted by Gasteiger charge is -2.18. The molecule has 1 fully saturated rings. The minimum Gasteiger partial charge on any atom is -0.388 e. The molecule has 2 heterocycles. The topological polar surface area (TPSA) is 324 Å². The Morgan fingerprint density at radius 3 is 2.55 bits per heavy atom. The molecule has 1 saturated heterocycles. The number of nitrogens with two attached hydrogens (primary N) is 2. The molecule has 40 heavy (non-hydrogen) atoms. The molecule has 226 valence electrons. The molecule has 0 saturated carbocycles. The van der Waals surface area contributed by atoms with Crippen LogP contribution in [0.25, 0.3) is 0 Å². The number of amides is 1. The summed E-state index contributed by atoms with van der Waals surface area (Å²) in [4.78, 5) is 72.1. The normalized spacial score (nSPS) is 22.1. The maximum absolute atomic E-state index is 12.3. The second kappa shape index (κ2) is 14.7. The number of aliphatic hydroxyl groups is 1. The number of rotatable bonds is 14. The van der Waals surface area contributed by atoms with E-state index in [2.05, 4.69) is 45.2 Å². The maximum Gasteiger partial charge on any atom is 0.508 e. The molecule has 5 unspecified atom stereocenters. The number of hydrogen-bond acceptors (Lipinski definition) is 15. The number of nitrogens with one attached hydrogen (secondary N) is 1. The lowest BCUT2D eigenvalue weighted by molar-refractivity contribution is -0.339. The van der Waals surface area contributed by atoms with Crippen LogP contribution >= 0.6 is 23.5 Å². The lowest BCUT2D eigenvalue weighted by Crippen LogP contribution is -2.29. The van der Waals surface area contributed by atoms with Gasteiger partial charge < -0.3 is 45.3 Å². The van der Waals surface area contributed by atoms with Crippen LogP contribution in [-0.2, 0) is 46.2 Å². The van der Waals surface area contributed by atoms with Gasteiger partial charge in [0.15, 0.2) is 0 Å². The highest BCUT2D eigenvalue weighted by atomic mass is 31.3. The van der Waals surface area contributed by atoms with E-state index in [0.717, 1.165) is 10.8 Å². The molecular formula is C16H26N5O16P3. The number of aromatic nitrogens is 2. The second-order valence-corrected chi connectivity index (χ2v) is 12.0. The van der Waals surface area contributed by atoms with Gasteiger partial charge >= 0.3 is 29.2 Å². The third-order valence-electron chi connectivity index (χ3n) is 4.50. The van der Waals surface area contributed by atoms with E-state index < -0.39 is 47.8 Å². The second-order valence-electron chi connectivity index (χ2n) is 7.66. The summed E-state index contributed by atoms with van der Waals surface area (Å²) < 4.78 is 50.8. The third kappa shape index (κ3) is 11.8. The molecule has 0 aliphatic carbocycles. The van der Waals surface area contributed by atoms with Crippen molar-refractivity contribution in [2.45, 2.75) is 44.3 Å². The van der Waals surface area contributed by atoms with Crippen molar-refractivity contribution in [3.63, 3.8) is 0 Å². The highest BCUT2D eigenvalue weighted by Crippen LogP contribution is 2.66. The Hall–Kier alpha value is -2.08. The van der Waals surface area contributed by atoms with Gasteiger partial charge in [-0.25, -0.2) is 24.4 Å². The average molecular weight is 637 g/mol. The van der Waals surface area contributed by atoms with Gasteiger partial charge in [0.25, 0.3) is 0 Å². The average Bonchev–Trinajstić information content (AvgIpc) is 3.17. The van der Waals surface area contributed by atoms with E-state index in [1.54, 1.807) is 0 Å². The van der Waals surface area contributed by atoms with Gasteiger partial charge in [-0.1, -0.05) is 11.8 Å². The van der Waals surface area contributed by atoms with E-state index >= 15 is 0 Å². The molecular weight excluding hydrogens is 611 g/mol. The molecule has 21 nitrogen and oxygen atoms in total. The molecule has 0 aromatic carbocycles. The van der Waals surface area contributed by atoms with E-state index in [9.17, 15) is 33.3 Å². The van der Waals surface area contributed by atoms with E-state index in [4.69, 9.17) is 31.0 Å². The first-order valence-electron chi connectivity index (χ1n) is 10.8. The number of nitrogens with zero attached hydrogens (tertiary/aromatic N) is 2. The fraction of sp³-hybridized carbons (Fsp3) is 0.562. The summed E-state index contributed by atoms with van der Waals surface area (Å²) in [5.41, 5.74) is 4.82. The van der Waals surface area contributed by atoms with Crippen LogP contribution < -0.4 is 22.6 Å². The number of carbonyl (C=O) groups is 1. The van der Waals surface area contributed by atoms with Crippen LogP contribution in [0.15, 0.2) is 11.0 Å². The molecule has 10 N–H and O–H groups in total. The SMILES string of the molecule is NOCCCCC(=O)NCC#Cc1cn(C2CC(O)C(OOP(=O)(O)OP(=O)(O)OP(=O)(O)O)O2)c(=O)nc1N. The van der Waals surface area contributed by atoms with Gasteiger partial charge in [-0.3, -0.25) is 9.36 Å². The monoisotopic (exact) mass is 637 g/mol. The number of carbonyl (C=O) groups excluding carboxylic acids is 1. The van der Waals surface area contributed by atoms with Crippen LogP contribution in [0.4, 0.5) is 5.82 Å². The maximum atomic E-state index is 12.3. The summed E-state index contributed by atoms with van der Waals surface area (Å²) in [5, 5.41) is 12.7. The van der Waals surface area contributed by atoms with Gasteiger partial charge in [0.2, 0.25) is 12.2 Å². The van der Waals surface area contributed by atoms with E-state index in [1.165, 1.54) is 0 Å². The molecule has 2 rings (SSSR count). The number of nitrogen functional groups attached to an aromatic ring is 1. The van der Waals surface area contributed by atoms with Crippen LogP contribution in [0, 0.1) is 11.8 Å². The highest BCUT2D eigenvalue weighted by molar-refractivity contribution is 7.66. The Bertz CT molecular complexity index is 1310. The molecule has 0 bridgehead atoms. The number of unbranched alkanes of at least 4 members (excludes halogenated alkanes) is 1. The first-order valence-corrected chi connectivity index (χ1v) is 15.3. The van der Waals surface area contributed by atoms with E-state index in [0.29, 0.717) is 19.4 Å². The van der Waals surface area contributed by atoms with E-state index in [-0.39, 0.29) is 36.7 Å². The van der Waals surface area contributed by atoms with Crippen molar-refractivity contribution in [2.24, 2.45) is 5.90 Å². The summed E-state index contributed by atoms with van der Waals surface area (Å²) in [6, 6.07) is 0. The minimum absolute atomic E-state index is 0.0460. The summed E-state index contributed by atoms with van der Waals surface area (Å²) in [6.07, 6.45) is -2.64. The summed E-state index contributed by atoms with van der Waals surface area (Å²) in [6.45, 7) is 0.261. The van der Waals surface area contributed by atoms with Crippen molar-refractivity contribution >= 4 is 35.2 Å². The predicted molar refractivity (Wildman–Crippen MR) is 127 cm³/mol. The number of hydrogen-bond donors (Lipinski definition) is 8. The van der Waals surface area contributed by atoms with Crippen molar-refractivity contribution < 1.29 is 70.9 Å². The zero-order valence-corrected chi connectivity index (χ0v) is 22.9. The number of aliphatic hydroxyl groups excluding tert-OH is 1. The van der Waals surface area contributed by atoms with Gasteiger partial charge in [0.1, 0.15) is 18.1 Å². The van der Waals surface area contributed by atoms with Crippen molar-refractivity contribution in [1.82, 2.24) is 14.9 Å². The standard InChI is InChI=1S/C16H26N5O16P3/c17-14-10(4-3-6-19-12(23)5-1-2-7-32-18)9-21(16(24)20-14)13-8-11(22)15(33-13)34-35-39(28,29)37-40(30,31)36-38(25,26)27/h9,11,13,15,22H,1-2,5-8,18H2,(H,19,23)(H,28,29)(H,30,31)(H2,17,20,24)(H2,25,26,27). The Morgan fingerprint density at radius 1 is 1.20 bits per heavy atom. The van der Waals surface area contributed by atoms with Crippen LogP contribution in [0.3, 0.4) is 0 Å². The summed E-state index contributed by atoms with van der Waals surface area (Å²) >= 11 is 0. The van der Waals surface area contributed by atoms with Gasteiger partial charge in [-0.2, -0.15) is 18.5 Å². The van der Waals surface area contributed by atoms with Crippen molar-refractivity contribution in [1.29, 1.82) is 0 Å². The largest absolute Gasteiger partial charge is 0.508 e. The molecule has 5 atom stereocenters. The lowest BCUT2D eigenvalue weighted by atomic mass is 10.2. The van der Waals surface area contributed by atoms with Crippen LogP contribution in [0.2, 0.25) is 0 Å². The van der Waals surface area contributed by atoms with Crippen molar-refractivity contribution in [3.8, 4) is 11.8 Å². The van der Waals surface area contributed by atoms with E-state index in [1.807, 2.05) is 0 Å². The molecule has 24 heteroatoms. The minimum atomic E-state index is -5.81. The summed E-state index contributed by atoms with van der Waals surface area (Å²) in [7, 11) is -17.1. The molecule has 0 radical (unpaired) electrons. The van der Waals surface area contributed by atoms with Gasteiger partial charge in [0.05, 0.1) is 18.7 Å². The Balaban J connectivity index is 2.00.